The zero-order valence-electron chi connectivity index (χ0n) is 11.7. The largest absolute Gasteiger partial charge is 0.508 e. The maximum atomic E-state index is 12.2. The molecule has 21 heavy (non-hydrogen) atoms. The van der Waals surface area contributed by atoms with E-state index in [2.05, 4.69) is 16.7 Å². The molecule has 0 fully saturated rings. The molecule has 4 nitrogen and oxygen atoms in total. The first kappa shape index (κ1) is 13.6. The van der Waals surface area contributed by atoms with Crippen LogP contribution in [0.4, 0.5) is 5.69 Å². The number of carbonyl (C=O) groups is 1. The van der Waals surface area contributed by atoms with Crippen molar-refractivity contribution in [2.45, 2.75) is 19.4 Å². The molecule has 3 N–H and O–H groups in total. The summed E-state index contributed by atoms with van der Waals surface area (Å²) in [5, 5.41) is 16.0. The summed E-state index contributed by atoms with van der Waals surface area (Å²) >= 11 is 0. The summed E-state index contributed by atoms with van der Waals surface area (Å²) in [6.07, 6.45) is 1.16. The molecule has 108 valence electrons. The van der Waals surface area contributed by atoms with Gasteiger partial charge in [0.05, 0.1) is 6.42 Å². The monoisotopic (exact) mass is 282 g/mol. The lowest BCUT2D eigenvalue weighted by atomic mass is 9.99. The van der Waals surface area contributed by atoms with Crippen LogP contribution in [0.1, 0.15) is 16.7 Å². The van der Waals surface area contributed by atoms with E-state index in [4.69, 9.17) is 0 Å². The summed E-state index contributed by atoms with van der Waals surface area (Å²) in [6.45, 7) is 1.75. The van der Waals surface area contributed by atoms with Gasteiger partial charge in [0.15, 0.2) is 0 Å². The molecule has 4 heteroatoms. The van der Waals surface area contributed by atoms with Crippen molar-refractivity contribution in [1.29, 1.82) is 0 Å². The first-order valence-electron chi connectivity index (χ1n) is 7.12. The molecule has 0 unspecified atom stereocenters. The highest BCUT2D eigenvalue weighted by Gasteiger charge is 2.14. The van der Waals surface area contributed by atoms with Gasteiger partial charge in [0.1, 0.15) is 5.75 Å². The molecule has 1 aliphatic heterocycles. The molecule has 1 aliphatic rings. The van der Waals surface area contributed by atoms with Gasteiger partial charge in [-0.2, -0.15) is 0 Å². The number of amides is 1. The second-order valence-electron chi connectivity index (χ2n) is 5.22. The maximum Gasteiger partial charge on any atom is 0.228 e. The fourth-order valence-corrected chi connectivity index (χ4v) is 2.66. The molecule has 0 saturated heterocycles. The van der Waals surface area contributed by atoms with Crippen molar-refractivity contribution in [2.75, 3.05) is 11.9 Å². The minimum absolute atomic E-state index is 0.115. The number of phenolic OH excluding ortho intramolecular Hbond substituents is 1. The first-order chi connectivity index (χ1) is 10.2. The topological polar surface area (TPSA) is 61.4 Å². The fourth-order valence-electron chi connectivity index (χ4n) is 2.66. The van der Waals surface area contributed by atoms with Gasteiger partial charge in [-0.15, -0.1) is 0 Å². The Hall–Kier alpha value is -2.33. The summed E-state index contributed by atoms with van der Waals surface area (Å²) < 4.78 is 0. The van der Waals surface area contributed by atoms with E-state index in [0.29, 0.717) is 5.56 Å². The minimum Gasteiger partial charge on any atom is -0.508 e. The average Bonchev–Trinajstić information content (AvgIpc) is 2.50. The Bertz CT molecular complexity index is 668. The van der Waals surface area contributed by atoms with Crippen molar-refractivity contribution in [2.24, 2.45) is 0 Å². The quantitative estimate of drug-likeness (QED) is 0.809. The standard InChI is InChI=1S/C17H18N2O2/c20-16-7-2-1-4-13(16)10-17(21)19-15-6-3-5-12-8-9-18-11-14(12)15/h1-7,18,20H,8-11H2,(H,19,21). The van der Waals surface area contributed by atoms with Gasteiger partial charge < -0.3 is 15.7 Å². The smallest absolute Gasteiger partial charge is 0.228 e. The first-order valence-corrected chi connectivity index (χ1v) is 7.12. The van der Waals surface area contributed by atoms with Gasteiger partial charge in [-0.3, -0.25) is 4.79 Å². The maximum absolute atomic E-state index is 12.2. The summed E-state index contributed by atoms with van der Waals surface area (Å²) in [4.78, 5) is 12.2. The summed E-state index contributed by atoms with van der Waals surface area (Å²) in [5.41, 5.74) is 3.95. The van der Waals surface area contributed by atoms with Gasteiger partial charge in [-0.1, -0.05) is 30.3 Å². The Balaban J connectivity index is 1.75. The zero-order chi connectivity index (χ0) is 14.7. The van der Waals surface area contributed by atoms with Crippen molar-refractivity contribution in [1.82, 2.24) is 5.32 Å². The Kier molecular flexibility index (Phi) is 3.88. The predicted octanol–water partition coefficient (Wildman–Crippen LogP) is 2.22. The highest BCUT2D eigenvalue weighted by atomic mass is 16.3. The molecule has 0 aromatic heterocycles. The summed E-state index contributed by atoms with van der Waals surface area (Å²) in [6, 6.07) is 12.9. The van der Waals surface area contributed by atoms with Gasteiger partial charge >= 0.3 is 0 Å². The Labute approximate surface area is 123 Å². The SMILES string of the molecule is O=C(Cc1ccccc1O)Nc1cccc2c1CNCC2. The van der Waals surface area contributed by atoms with E-state index < -0.39 is 0 Å². The van der Waals surface area contributed by atoms with Crippen LogP contribution in [0.5, 0.6) is 5.75 Å². The highest BCUT2D eigenvalue weighted by Crippen LogP contribution is 2.23. The number of hydrogen-bond acceptors (Lipinski definition) is 3. The van der Waals surface area contributed by atoms with E-state index in [-0.39, 0.29) is 18.1 Å². The fraction of sp³-hybridized carbons (Fsp3) is 0.235. The number of carbonyl (C=O) groups excluding carboxylic acids is 1. The number of phenols is 1. The Morgan fingerprint density at radius 3 is 2.90 bits per heavy atom. The van der Waals surface area contributed by atoms with Crippen molar-refractivity contribution < 1.29 is 9.90 Å². The van der Waals surface area contributed by atoms with E-state index in [1.165, 1.54) is 5.56 Å². The lowest BCUT2D eigenvalue weighted by Crippen LogP contribution is -2.25. The van der Waals surface area contributed by atoms with E-state index >= 15 is 0 Å². The van der Waals surface area contributed by atoms with Gasteiger partial charge in [0.25, 0.3) is 0 Å². The minimum atomic E-state index is -0.115. The molecule has 2 aromatic carbocycles. The van der Waals surface area contributed by atoms with E-state index in [1.807, 2.05) is 18.2 Å². The number of para-hydroxylation sites is 1. The molecule has 0 saturated carbocycles. The Morgan fingerprint density at radius 2 is 2.05 bits per heavy atom. The van der Waals surface area contributed by atoms with Crippen LogP contribution in [0.3, 0.4) is 0 Å². The van der Waals surface area contributed by atoms with Gasteiger partial charge in [-0.25, -0.2) is 0 Å². The molecule has 0 bridgehead atoms. The molecule has 0 spiro atoms. The summed E-state index contributed by atoms with van der Waals surface area (Å²) in [5.74, 6) is 0.0416. The zero-order valence-corrected chi connectivity index (χ0v) is 11.7. The van der Waals surface area contributed by atoms with E-state index in [0.717, 1.165) is 30.8 Å². The van der Waals surface area contributed by atoms with Crippen molar-refractivity contribution >= 4 is 11.6 Å². The average molecular weight is 282 g/mol. The van der Waals surface area contributed by atoms with Gasteiger partial charge in [0, 0.05) is 17.8 Å². The Morgan fingerprint density at radius 1 is 1.19 bits per heavy atom. The number of hydrogen-bond donors (Lipinski definition) is 3. The number of anilines is 1. The van der Waals surface area contributed by atoms with Crippen LogP contribution < -0.4 is 10.6 Å². The molecule has 1 amide bonds. The van der Waals surface area contributed by atoms with Crippen LogP contribution in [0.25, 0.3) is 0 Å². The summed E-state index contributed by atoms with van der Waals surface area (Å²) in [7, 11) is 0. The van der Waals surface area contributed by atoms with E-state index in [1.54, 1.807) is 18.2 Å². The van der Waals surface area contributed by atoms with Gasteiger partial charge in [-0.05, 0) is 36.2 Å². The normalized spacial score (nSPS) is 13.5. The second kappa shape index (κ2) is 5.97. The van der Waals surface area contributed by atoms with Crippen molar-refractivity contribution in [3.05, 3.63) is 59.2 Å². The molecule has 0 radical (unpaired) electrons. The third kappa shape index (κ3) is 3.06. The lowest BCUT2D eigenvalue weighted by Gasteiger charge is -2.20. The lowest BCUT2D eigenvalue weighted by molar-refractivity contribution is -0.115. The predicted molar refractivity (Wildman–Crippen MR) is 82.3 cm³/mol. The van der Waals surface area contributed by atoms with Crippen LogP contribution in [0.15, 0.2) is 42.5 Å². The van der Waals surface area contributed by atoms with Gasteiger partial charge in [0.2, 0.25) is 5.91 Å². The van der Waals surface area contributed by atoms with Crippen LogP contribution in [0.2, 0.25) is 0 Å². The van der Waals surface area contributed by atoms with Crippen LogP contribution in [-0.4, -0.2) is 17.6 Å². The molecular formula is C17H18N2O2. The van der Waals surface area contributed by atoms with Crippen LogP contribution in [0, 0.1) is 0 Å². The molecule has 0 aliphatic carbocycles. The number of rotatable bonds is 3. The van der Waals surface area contributed by atoms with Crippen LogP contribution in [-0.2, 0) is 24.2 Å². The molecule has 1 heterocycles. The van der Waals surface area contributed by atoms with Crippen LogP contribution >= 0.6 is 0 Å². The number of benzene rings is 2. The van der Waals surface area contributed by atoms with Crippen molar-refractivity contribution in [3.8, 4) is 5.75 Å². The number of fused-ring (bicyclic) bond motifs is 1. The van der Waals surface area contributed by atoms with Crippen molar-refractivity contribution in [3.63, 3.8) is 0 Å². The molecule has 3 rings (SSSR count). The molecular weight excluding hydrogens is 264 g/mol. The third-order valence-corrected chi connectivity index (χ3v) is 3.76. The number of aromatic hydroxyl groups is 1. The third-order valence-electron chi connectivity index (χ3n) is 3.76. The molecule has 0 atom stereocenters. The molecule has 2 aromatic rings. The van der Waals surface area contributed by atoms with E-state index in [9.17, 15) is 9.90 Å². The number of nitrogens with one attached hydrogen (secondary N) is 2. The highest BCUT2D eigenvalue weighted by molar-refractivity contribution is 5.93. The second-order valence-corrected chi connectivity index (χ2v) is 5.22.